The Kier molecular flexibility index (Phi) is 51.1. The van der Waals surface area contributed by atoms with E-state index in [0.717, 1.165) is 6.92 Å². The number of unbranched alkanes of at least 4 members (excludes halogenated alkanes) is 1. The second-order valence-corrected chi connectivity index (χ2v) is 30.7. The number of carbonyl (C=O) groups is 25. The fourth-order valence-electron chi connectivity index (χ4n) is 12.0. The molecule has 0 bridgehead atoms. The fraction of sp³-hybridized carbons (Fsp3) is 0.603. The molecular weight excluding hydrogens is 1730 g/mol. The second-order valence-electron chi connectivity index (χ2n) is 30.7. The topological polar surface area (TPSA) is 873 Å². The predicted molar refractivity (Wildman–Crippen MR) is 445 cm³/mol. The third-order valence-electron chi connectivity index (χ3n) is 19.7. The number of primary amides is 2. The maximum Gasteiger partial charge on any atom is 0.326 e. The number of rotatable bonds is 65. The van der Waals surface area contributed by atoms with Gasteiger partial charge in [0, 0.05) is 38.5 Å². The van der Waals surface area contributed by atoms with Crippen molar-refractivity contribution < 1.29 is 161 Å². The van der Waals surface area contributed by atoms with Gasteiger partial charge in [-0.05, 0) is 88.2 Å². The summed E-state index contributed by atoms with van der Waals surface area (Å²) < 4.78 is 0. The number of hydrogen-bond donors (Lipinski definition) is 27. The molecule has 52 heteroatoms. The van der Waals surface area contributed by atoms with Crippen LogP contribution in [0.4, 0.5) is 0 Å². The van der Waals surface area contributed by atoms with Gasteiger partial charge in [0.15, 0.2) is 0 Å². The summed E-state index contributed by atoms with van der Waals surface area (Å²) in [5, 5.41) is 110. The van der Waals surface area contributed by atoms with Crippen LogP contribution < -0.4 is 103 Å². The van der Waals surface area contributed by atoms with E-state index in [1.807, 2.05) is 10.6 Å². The molecule has 17 atom stereocenters. The van der Waals surface area contributed by atoms with Gasteiger partial charge in [-0.15, -0.1) is 0 Å². The molecule has 1 aromatic rings. The Labute approximate surface area is 743 Å². The minimum Gasteiger partial charge on any atom is -0.481 e. The first-order valence-electron chi connectivity index (χ1n) is 41.1. The average molecular weight is 1850 g/mol. The number of hydrogen-bond acceptors (Lipinski definition) is 27. The molecule has 0 fully saturated rings. The lowest BCUT2D eigenvalue weighted by molar-refractivity contribution is -0.145. The van der Waals surface area contributed by atoms with Crippen LogP contribution in [0.2, 0.25) is 0 Å². The molecule has 17 amide bonds. The Bertz CT molecular complexity index is 4210. The van der Waals surface area contributed by atoms with E-state index in [0.29, 0.717) is 5.56 Å². The molecule has 0 unspecified atom stereocenters. The van der Waals surface area contributed by atoms with Gasteiger partial charge in [-0.1, -0.05) is 84.7 Å². The van der Waals surface area contributed by atoms with E-state index < -0.39 is 353 Å². The Morgan fingerprint density at radius 2 is 0.646 bits per heavy atom. The predicted octanol–water partition coefficient (Wildman–Crippen LogP) is -8.53. The van der Waals surface area contributed by atoms with Crippen LogP contribution in [0.5, 0.6) is 0 Å². The van der Waals surface area contributed by atoms with Gasteiger partial charge in [-0.2, -0.15) is 0 Å². The Hall–Kier alpha value is -14.1. The molecule has 0 aliphatic rings. The van der Waals surface area contributed by atoms with E-state index in [2.05, 4.69) is 69.1 Å². The second kappa shape index (κ2) is 58.3. The third-order valence-corrected chi connectivity index (χ3v) is 19.7. The highest BCUT2D eigenvalue weighted by atomic mass is 16.4. The summed E-state index contributed by atoms with van der Waals surface area (Å²) in [5.41, 5.74) is 22.6. The van der Waals surface area contributed by atoms with Crippen LogP contribution in [0.1, 0.15) is 176 Å². The molecule has 1 aromatic carbocycles. The molecule has 0 aliphatic carbocycles. The Morgan fingerprint density at radius 1 is 0.315 bits per heavy atom. The molecule has 0 aliphatic heterocycles. The van der Waals surface area contributed by atoms with Crippen molar-refractivity contribution in [2.24, 2.45) is 40.7 Å². The van der Waals surface area contributed by atoms with Gasteiger partial charge >= 0.3 is 47.8 Å². The third kappa shape index (κ3) is 44.4. The van der Waals surface area contributed by atoms with Gasteiger partial charge in [-0.25, -0.2) is 4.79 Å². The first-order chi connectivity index (χ1) is 60.7. The smallest absolute Gasteiger partial charge is 0.326 e. The van der Waals surface area contributed by atoms with Gasteiger partial charge in [0.1, 0.15) is 84.6 Å². The number of carboxylic acid groups (broad SMARTS) is 8. The number of nitrogens with two attached hydrogens (primary N) is 4. The van der Waals surface area contributed by atoms with Gasteiger partial charge in [-0.3, -0.25) is 115 Å². The zero-order chi connectivity index (χ0) is 99.1. The summed E-state index contributed by atoms with van der Waals surface area (Å²) in [7, 11) is 0. The van der Waals surface area contributed by atoms with E-state index in [9.17, 15) is 156 Å². The van der Waals surface area contributed by atoms with Gasteiger partial charge in [0.05, 0.1) is 38.3 Å². The Balaban J connectivity index is 3.64. The summed E-state index contributed by atoms with van der Waals surface area (Å²) in [4.78, 5) is 328. The molecule has 1 rings (SSSR count). The minimum atomic E-state index is -2.28. The minimum absolute atomic E-state index is 0.00510. The molecular formula is C78H119N19O33. The molecule has 0 spiro atoms. The first-order valence-corrected chi connectivity index (χ1v) is 41.1. The van der Waals surface area contributed by atoms with Crippen LogP contribution in [0.3, 0.4) is 0 Å². The standard InChI is InChI=1S/C78H119N19O33/c1-8-36(5)62(95-53(100)34-83-66(117)46(29-39-15-11-10-12-16-39)90-70(121)44(21-26-56(105)106)88-68(119)43(20-25-55(103)104)86-65(116)40(80)18-24-54(101)102)77(128)93-47(30-52(82)99)74(125)96-61(35(3)4)76(127)94-49(32-59(111)112)73(124)89-45(22-27-57(107)108)71(122)91-48(31-58(109)110)72(123)87-41(17-13-14-28-79)67(118)84-38(7)64(115)85-42(19-23-51(81)98)69(120)92-50(33-60(113)114)75(126)97-63(78(129)130)37(6)9-2/h10-12,15-16,35-38,40-50,61-63H,8-9,13-14,17-34,79-80H2,1-7H3,(H2,81,98)(H2,82,99)(H,83,117)(H,84,118)(H,85,115)(H,86,116)(H,87,123)(H,88,119)(H,89,124)(H,90,121)(H,91,122)(H,92,120)(H,93,128)(H,94,127)(H,95,100)(H,96,125)(H,97,126)(H,101,102)(H,103,104)(H,105,106)(H,107,108)(H,109,110)(H,111,112)(H,113,114)(H,129,130)/t36-,37-,38-,40-,41-,42-,43-,44-,45-,46-,47-,48-,49-,50-,61-,62-,63-/m0/s1. The average Bonchev–Trinajstić information content (AvgIpc) is 0.845. The van der Waals surface area contributed by atoms with Gasteiger partial charge in [0.2, 0.25) is 100 Å². The molecule has 0 aromatic heterocycles. The largest absolute Gasteiger partial charge is 0.481 e. The van der Waals surface area contributed by atoms with Crippen molar-refractivity contribution in [1.29, 1.82) is 0 Å². The van der Waals surface area contributed by atoms with E-state index in [-0.39, 0.29) is 45.1 Å². The van der Waals surface area contributed by atoms with Gasteiger partial charge < -0.3 is 144 Å². The zero-order valence-electron chi connectivity index (χ0n) is 72.4. The molecule has 31 N–H and O–H groups in total. The van der Waals surface area contributed by atoms with E-state index >= 15 is 0 Å². The summed E-state index contributed by atoms with van der Waals surface area (Å²) in [6.45, 7) is 8.76. The number of amides is 17. The SMILES string of the molecule is CC[C@H](C)[C@H](NC(=O)[C@H](CC(=O)O)NC(=O)[C@H](CCC(N)=O)NC(=O)[C@H](C)NC(=O)[C@H](CCCCN)NC(=O)[C@H](CC(=O)O)NC(=O)[C@H](CCC(=O)O)NC(=O)[C@H](CC(=O)O)NC(=O)[C@@H](NC(=O)[C@H](CC(N)=O)NC(=O)[C@@H](NC(=O)CNC(=O)[C@H](Cc1ccccc1)NC(=O)[C@H](CCC(=O)O)NC(=O)[C@H](CCC(=O)O)NC(=O)[C@@H](N)CCC(=O)O)[C@@H](C)CC)C(C)C)C(=O)O. The number of nitrogens with one attached hydrogen (secondary N) is 15. The van der Waals surface area contributed by atoms with E-state index in [1.165, 1.54) is 39.8 Å². The number of carbonyl (C=O) groups excluding carboxylic acids is 17. The summed E-state index contributed by atoms with van der Waals surface area (Å²) in [5.74, 6) is -36.7. The van der Waals surface area contributed by atoms with Crippen LogP contribution >= 0.6 is 0 Å². The molecule has 130 heavy (non-hydrogen) atoms. The molecule has 724 valence electrons. The van der Waals surface area contributed by atoms with E-state index in [1.54, 1.807) is 32.0 Å². The van der Waals surface area contributed by atoms with Crippen molar-refractivity contribution in [2.75, 3.05) is 13.1 Å². The van der Waals surface area contributed by atoms with Crippen LogP contribution in [-0.2, 0) is 126 Å². The molecule has 52 nitrogen and oxygen atoms in total. The highest BCUT2D eigenvalue weighted by Gasteiger charge is 2.41. The van der Waals surface area contributed by atoms with Crippen LogP contribution in [0.15, 0.2) is 30.3 Å². The molecule has 0 heterocycles. The van der Waals surface area contributed by atoms with Crippen molar-refractivity contribution in [1.82, 2.24) is 79.8 Å². The molecule has 0 saturated carbocycles. The quantitative estimate of drug-likeness (QED) is 0.0269. The van der Waals surface area contributed by atoms with Crippen LogP contribution in [-0.4, -0.2) is 293 Å². The number of aliphatic carboxylic acids is 8. The van der Waals surface area contributed by atoms with E-state index in [4.69, 9.17) is 28.0 Å². The van der Waals surface area contributed by atoms with Crippen molar-refractivity contribution in [3.05, 3.63) is 35.9 Å². The normalized spacial score (nSPS) is 14.9. The Morgan fingerprint density at radius 3 is 1.03 bits per heavy atom. The zero-order valence-corrected chi connectivity index (χ0v) is 72.4. The lowest BCUT2D eigenvalue weighted by Gasteiger charge is -2.29. The van der Waals surface area contributed by atoms with Crippen molar-refractivity contribution >= 4 is 148 Å². The van der Waals surface area contributed by atoms with Crippen molar-refractivity contribution in [3.8, 4) is 0 Å². The summed E-state index contributed by atoms with van der Waals surface area (Å²) in [6, 6.07) is -20.1. The highest BCUT2D eigenvalue weighted by molar-refractivity contribution is 6.03. The lowest BCUT2D eigenvalue weighted by atomic mass is 9.97. The first kappa shape index (κ1) is 114. The van der Waals surface area contributed by atoms with Gasteiger partial charge in [0.25, 0.3) is 0 Å². The highest BCUT2D eigenvalue weighted by Crippen LogP contribution is 2.16. The van der Waals surface area contributed by atoms with Crippen molar-refractivity contribution in [2.45, 2.75) is 268 Å². The maximum atomic E-state index is 14.3. The monoisotopic (exact) mass is 1850 g/mol. The van der Waals surface area contributed by atoms with Crippen LogP contribution in [0.25, 0.3) is 0 Å². The lowest BCUT2D eigenvalue weighted by Crippen LogP contribution is -2.62. The van der Waals surface area contributed by atoms with Crippen molar-refractivity contribution in [3.63, 3.8) is 0 Å². The maximum absolute atomic E-state index is 14.3. The van der Waals surface area contributed by atoms with Crippen LogP contribution in [0, 0.1) is 17.8 Å². The summed E-state index contributed by atoms with van der Waals surface area (Å²) >= 11 is 0. The molecule has 0 radical (unpaired) electrons. The fourth-order valence-corrected chi connectivity index (χ4v) is 12.0. The number of carboxylic acids is 8. The molecule has 0 saturated heterocycles. The summed E-state index contributed by atoms with van der Waals surface area (Å²) in [6.07, 6.45) is -12.0. The number of benzene rings is 1.